The second kappa shape index (κ2) is 9.06. The highest BCUT2D eigenvalue weighted by Gasteiger charge is 2.38. The molecule has 7 nitrogen and oxygen atoms in total. The molecule has 0 spiro atoms. The predicted molar refractivity (Wildman–Crippen MR) is 117 cm³/mol. The molecule has 1 fully saturated rings. The molecule has 31 heavy (non-hydrogen) atoms. The minimum atomic E-state index is -4.57. The van der Waals surface area contributed by atoms with Gasteiger partial charge in [-0.15, -0.1) is 0 Å². The Morgan fingerprint density at radius 3 is 2.81 bits per heavy atom. The third kappa shape index (κ3) is 5.05. The minimum Gasteiger partial charge on any atom is -0.370 e. The number of benzene rings is 1. The van der Waals surface area contributed by atoms with Crippen LogP contribution < -0.4 is 20.9 Å². The van der Waals surface area contributed by atoms with Gasteiger partial charge in [0.05, 0.1) is 10.6 Å². The summed E-state index contributed by atoms with van der Waals surface area (Å²) < 4.78 is 40.3. The highest BCUT2D eigenvalue weighted by atomic mass is 32.1. The van der Waals surface area contributed by atoms with Crippen molar-refractivity contribution in [1.29, 1.82) is 0 Å². The fraction of sp³-hybridized carbons (Fsp3) is 0.350. The van der Waals surface area contributed by atoms with Gasteiger partial charge in [0, 0.05) is 44.3 Å². The van der Waals surface area contributed by atoms with Gasteiger partial charge in [0.15, 0.2) is 10.8 Å². The first kappa shape index (κ1) is 21.3. The van der Waals surface area contributed by atoms with Crippen LogP contribution in [-0.2, 0) is 6.18 Å². The lowest BCUT2D eigenvalue weighted by atomic mass is 10.2. The van der Waals surface area contributed by atoms with E-state index in [4.69, 9.17) is 0 Å². The van der Waals surface area contributed by atoms with E-state index in [2.05, 4.69) is 35.8 Å². The quantitative estimate of drug-likeness (QED) is 0.539. The van der Waals surface area contributed by atoms with Gasteiger partial charge in [0.1, 0.15) is 0 Å². The Morgan fingerprint density at radius 2 is 2.00 bits per heavy atom. The van der Waals surface area contributed by atoms with Crippen molar-refractivity contribution in [2.45, 2.75) is 12.6 Å². The number of rotatable bonds is 5. The molecule has 1 aliphatic rings. The van der Waals surface area contributed by atoms with Gasteiger partial charge < -0.3 is 20.9 Å². The largest absolute Gasteiger partial charge is 0.434 e. The van der Waals surface area contributed by atoms with Crippen LogP contribution in [0.3, 0.4) is 0 Å². The molecule has 1 saturated heterocycles. The first-order valence-electron chi connectivity index (χ1n) is 9.86. The van der Waals surface area contributed by atoms with Crippen molar-refractivity contribution < 1.29 is 13.2 Å². The smallest absolute Gasteiger partial charge is 0.370 e. The molecule has 1 aliphatic heterocycles. The van der Waals surface area contributed by atoms with E-state index in [-0.39, 0.29) is 21.7 Å². The number of hydrogen-bond acceptors (Lipinski definition) is 8. The number of alkyl halides is 3. The minimum absolute atomic E-state index is 0.0480. The summed E-state index contributed by atoms with van der Waals surface area (Å²) in [5.41, 5.74) is 1.05. The number of nitrogens with zero attached hydrogens (tertiary/aromatic N) is 4. The molecule has 1 aromatic carbocycles. The zero-order valence-electron chi connectivity index (χ0n) is 16.8. The van der Waals surface area contributed by atoms with Gasteiger partial charge >= 0.3 is 6.18 Å². The van der Waals surface area contributed by atoms with E-state index in [1.807, 2.05) is 24.3 Å². The van der Waals surface area contributed by atoms with E-state index in [0.29, 0.717) is 0 Å². The van der Waals surface area contributed by atoms with E-state index in [0.717, 1.165) is 55.3 Å². The number of halogens is 3. The van der Waals surface area contributed by atoms with Crippen molar-refractivity contribution in [2.24, 2.45) is 0 Å². The van der Waals surface area contributed by atoms with Crippen LogP contribution in [0.25, 0.3) is 10.6 Å². The second-order valence-corrected chi connectivity index (χ2v) is 7.97. The lowest BCUT2D eigenvalue weighted by Gasteiger charge is -2.23. The Hall–Kier alpha value is -2.92. The van der Waals surface area contributed by atoms with Gasteiger partial charge in [0.25, 0.3) is 0 Å². The third-order valence-electron chi connectivity index (χ3n) is 4.81. The molecule has 0 unspecified atom stereocenters. The maximum atomic E-state index is 13.4. The topological polar surface area (TPSA) is 78.0 Å². The second-order valence-electron chi connectivity index (χ2n) is 6.98. The fourth-order valence-corrected chi connectivity index (χ4v) is 4.26. The van der Waals surface area contributed by atoms with Gasteiger partial charge in [0.2, 0.25) is 5.95 Å². The van der Waals surface area contributed by atoms with Crippen LogP contribution in [0.2, 0.25) is 0 Å². The van der Waals surface area contributed by atoms with Crippen LogP contribution >= 0.6 is 11.3 Å². The van der Waals surface area contributed by atoms with E-state index in [1.54, 1.807) is 0 Å². The molecule has 3 aromatic rings. The van der Waals surface area contributed by atoms with Crippen LogP contribution in [0.1, 0.15) is 12.1 Å². The van der Waals surface area contributed by atoms with Crippen molar-refractivity contribution in [3.05, 3.63) is 42.2 Å². The highest BCUT2D eigenvalue weighted by Crippen LogP contribution is 2.41. The van der Waals surface area contributed by atoms with Crippen LogP contribution in [0, 0.1) is 0 Å². The van der Waals surface area contributed by atoms with E-state index >= 15 is 0 Å². The average molecular weight is 450 g/mol. The van der Waals surface area contributed by atoms with E-state index in [9.17, 15) is 13.2 Å². The molecule has 0 bridgehead atoms. The van der Waals surface area contributed by atoms with Gasteiger partial charge in [-0.3, -0.25) is 0 Å². The van der Waals surface area contributed by atoms with Crippen molar-refractivity contribution in [2.75, 3.05) is 48.8 Å². The molecule has 0 aliphatic carbocycles. The fourth-order valence-electron chi connectivity index (χ4n) is 3.35. The van der Waals surface area contributed by atoms with Crippen LogP contribution in [0.4, 0.5) is 35.6 Å². The zero-order chi connectivity index (χ0) is 21.8. The Bertz CT molecular complexity index is 1030. The number of hydrogen-bond donors (Lipinski definition) is 3. The molecule has 3 heterocycles. The first-order chi connectivity index (χ1) is 14.9. The molecule has 0 amide bonds. The third-order valence-corrected chi connectivity index (χ3v) is 5.90. The van der Waals surface area contributed by atoms with Crippen molar-refractivity contribution in [3.8, 4) is 10.6 Å². The van der Waals surface area contributed by atoms with Crippen LogP contribution in [0.15, 0.2) is 36.5 Å². The normalized spacial score (nSPS) is 14.9. The average Bonchev–Trinajstić information content (AvgIpc) is 3.03. The van der Waals surface area contributed by atoms with E-state index < -0.39 is 11.9 Å². The summed E-state index contributed by atoms with van der Waals surface area (Å²) in [6, 6.07) is 9.30. The summed E-state index contributed by atoms with van der Waals surface area (Å²) >= 11 is 0.905. The van der Waals surface area contributed by atoms with Crippen LogP contribution in [0.5, 0.6) is 0 Å². The summed E-state index contributed by atoms with van der Waals surface area (Å²) in [6.07, 6.45) is -2.07. The molecule has 4 rings (SSSR count). The molecule has 3 N–H and O–H groups in total. The zero-order valence-corrected chi connectivity index (χ0v) is 17.6. The molecule has 164 valence electrons. The summed E-state index contributed by atoms with van der Waals surface area (Å²) in [7, 11) is 1.53. The number of aromatic nitrogens is 3. The summed E-state index contributed by atoms with van der Waals surface area (Å²) in [5.74, 6) is 0.222. The number of thiazole rings is 1. The Balaban J connectivity index is 1.59. The summed E-state index contributed by atoms with van der Waals surface area (Å²) in [6.45, 7) is 3.80. The van der Waals surface area contributed by atoms with E-state index in [1.165, 1.54) is 19.3 Å². The molecule has 0 atom stereocenters. The van der Waals surface area contributed by atoms with Crippen molar-refractivity contribution in [3.63, 3.8) is 0 Å². The molecule has 2 aromatic heterocycles. The standard InChI is InChI=1S/C20H22F3N7S/c1-24-19-29-17(20(21,22)23)16(31-19)15-6-8-26-18(28-15)27-13-4-2-5-14(12-13)30-10-3-7-25-9-11-30/h2,4-6,8,12,25H,3,7,9-11H2,1H3,(H,24,29)(H,26,27,28). The van der Waals surface area contributed by atoms with Gasteiger partial charge in [-0.05, 0) is 37.2 Å². The lowest BCUT2D eigenvalue weighted by molar-refractivity contribution is -0.140. The predicted octanol–water partition coefficient (Wildman–Crippen LogP) is 4.20. The summed E-state index contributed by atoms with van der Waals surface area (Å²) in [4.78, 5) is 14.4. The number of nitrogens with one attached hydrogen (secondary N) is 3. The Morgan fingerprint density at radius 1 is 1.13 bits per heavy atom. The Kier molecular flexibility index (Phi) is 6.23. The first-order valence-corrected chi connectivity index (χ1v) is 10.7. The SMILES string of the molecule is CNc1nc(C(F)(F)F)c(-c2ccnc(Nc3cccc(N4CCCNCC4)c3)n2)s1. The van der Waals surface area contributed by atoms with Gasteiger partial charge in [-0.25, -0.2) is 15.0 Å². The Labute approximate surface area is 181 Å². The maximum Gasteiger partial charge on any atom is 0.434 e. The molecule has 0 radical (unpaired) electrons. The summed E-state index contributed by atoms with van der Waals surface area (Å²) in [5, 5.41) is 9.33. The lowest BCUT2D eigenvalue weighted by Crippen LogP contribution is -2.27. The molecule has 11 heteroatoms. The molecule has 0 saturated carbocycles. The maximum absolute atomic E-state index is 13.4. The molecular weight excluding hydrogens is 427 g/mol. The highest BCUT2D eigenvalue weighted by molar-refractivity contribution is 7.19. The van der Waals surface area contributed by atoms with Gasteiger partial charge in [-0.2, -0.15) is 13.2 Å². The number of anilines is 4. The van der Waals surface area contributed by atoms with Crippen molar-refractivity contribution >= 4 is 33.8 Å². The molecular formula is C20H22F3N7S. The monoisotopic (exact) mass is 449 g/mol. The van der Waals surface area contributed by atoms with Crippen LogP contribution in [-0.4, -0.2) is 48.2 Å². The van der Waals surface area contributed by atoms with Crippen molar-refractivity contribution in [1.82, 2.24) is 20.3 Å². The van der Waals surface area contributed by atoms with Gasteiger partial charge in [-0.1, -0.05) is 17.4 Å².